The Kier molecular flexibility index (Phi) is 3.55. The number of phenolic OH excluding ortho intramolecular Hbond substituents is 1. The highest BCUT2D eigenvalue weighted by atomic mass is 16.5. The third kappa shape index (κ3) is 2.72. The summed E-state index contributed by atoms with van der Waals surface area (Å²) >= 11 is 0. The summed E-state index contributed by atoms with van der Waals surface area (Å²) in [5.41, 5.74) is 1.56. The lowest BCUT2D eigenvalue weighted by Crippen LogP contribution is -2.15. The molecule has 1 heterocycles. The van der Waals surface area contributed by atoms with Crippen molar-refractivity contribution >= 4 is 17.5 Å². The quantitative estimate of drug-likeness (QED) is 0.908. The monoisotopic (exact) mass is 282 g/mol. The molecule has 0 atom stereocenters. The molecule has 0 saturated heterocycles. The number of aromatic hydroxyl groups is 1. The third-order valence-corrected chi connectivity index (χ3v) is 3.14. The molecule has 0 fully saturated rings. The van der Waals surface area contributed by atoms with E-state index in [1.807, 2.05) is 18.2 Å². The predicted octanol–water partition coefficient (Wildman–Crippen LogP) is 2.42. The molecule has 0 radical (unpaired) electrons. The molecule has 5 heteroatoms. The number of hydrogen-bond donors (Lipinski definition) is 2. The maximum absolute atomic E-state index is 12.3. The van der Waals surface area contributed by atoms with Crippen molar-refractivity contribution in [2.75, 3.05) is 18.5 Å². The van der Waals surface area contributed by atoms with Crippen LogP contribution in [0.15, 0.2) is 53.5 Å². The Bertz CT molecular complexity index is 710. The molecule has 5 nitrogen and oxygen atoms in total. The first kappa shape index (κ1) is 13.2. The van der Waals surface area contributed by atoms with Gasteiger partial charge in [-0.25, -0.2) is 4.99 Å². The van der Waals surface area contributed by atoms with Crippen molar-refractivity contribution in [3.63, 3.8) is 0 Å². The van der Waals surface area contributed by atoms with E-state index < -0.39 is 0 Å². The molecule has 0 unspecified atom stereocenters. The SMILES string of the molecule is O=C(Nc1ccccc1C1=NCCO1)c1ccccc1O. The zero-order valence-electron chi connectivity index (χ0n) is 11.2. The number of nitrogens with one attached hydrogen (secondary N) is 1. The topological polar surface area (TPSA) is 70.9 Å². The second kappa shape index (κ2) is 5.66. The molecule has 0 aliphatic carbocycles. The zero-order valence-corrected chi connectivity index (χ0v) is 11.2. The third-order valence-electron chi connectivity index (χ3n) is 3.14. The van der Waals surface area contributed by atoms with Crippen LogP contribution >= 0.6 is 0 Å². The number of benzene rings is 2. The van der Waals surface area contributed by atoms with Gasteiger partial charge in [-0.05, 0) is 24.3 Å². The van der Waals surface area contributed by atoms with Crippen molar-refractivity contribution in [1.29, 1.82) is 0 Å². The molecule has 0 bridgehead atoms. The number of nitrogens with zero attached hydrogens (tertiary/aromatic N) is 1. The van der Waals surface area contributed by atoms with Crippen LogP contribution in [0.5, 0.6) is 5.75 Å². The van der Waals surface area contributed by atoms with Crippen molar-refractivity contribution in [1.82, 2.24) is 0 Å². The summed E-state index contributed by atoms with van der Waals surface area (Å²) < 4.78 is 5.44. The fraction of sp³-hybridized carbons (Fsp3) is 0.125. The van der Waals surface area contributed by atoms with E-state index in [0.717, 1.165) is 5.56 Å². The van der Waals surface area contributed by atoms with Gasteiger partial charge in [0.15, 0.2) is 0 Å². The summed E-state index contributed by atoms with van der Waals surface area (Å²) in [4.78, 5) is 16.5. The van der Waals surface area contributed by atoms with Crippen LogP contribution in [0, 0.1) is 0 Å². The highest BCUT2D eigenvalue weighted by Gasteiger charge is 2.17. The Morgan fingerprint density at radius 3 is 2.67 bits per heavy atom. The highest BCUT2D eigenvalue weighted by Crippen LogP contribution is 2.22. The van der Waals surface area contributed by atoms with Crippen molar-refractivity contribution in [2.45, 2.75) is 0 Å². The van der Waals surface area contributed by atoms with Crippen LogP contribution in [0.25, 0.3) is 0 Å². The van der Waals surface area contributed by atoms with E-state index in [1.54, 1.807) is 24.3 Å². The Morgan fingerprint density at radius 2 is 1.90 bits per heavy atom. The first-order valence-electron chi connectivity index (χ1n) is 6.62. The molecule has 0 aromatic heterocycles. The number of amides is 1. The van der Waals surface area contributed by atoms with Crippen LogP contribution in [0.2, 0.25) is 0 Å². The normalized spacial score (nSPS) is 13.4. The predicted molar refractivity (Wildman–Crippen MR) is 79.9 cm³/mol. The van der Waals surface area contributed by atoms with Gasteiger partial charge in [0.25, 0.3) is 5.91 Å². The van der Waals surface area contributed by atoms with E-state index in [2.05, 4.69) is 10.3 Å². The first-order valence-corrected chi connectivity index (χ1v) is 6.62. The lowest BCUT2D eigenvalue weighted by molar-refractivity contribution is 0.102. The molecule has 2 aromatic rings. The molecule has 106 valence electrons. The summed E-state index contributed by atoms with van der Waals surface area (Å²) in [6.07, 6.45) is 0. The maximum Gasteiger partial charge on any atom is 0.259 e. The van der Waals surface area contributed by atoms with E-state index in [1.165, 1.54) is 6.07 Å². The Morgan fingerprint density at radius 1 is 1.14 bits per heavy atom. The summed E-state index contributed by atoms with van der Waals surface area (Å²) in [6.45, 7) is 1.17. The summed E-state index contributed by atoms with van der Waals surface area (Å²) in [5.74, 6) is 0.101. The lowest BCUT2D eigenvalue weighted by Gasteiger charge is -2.11. The molecule has 1 aliphatic rings. The average molecular weight is 282 g/mol. The second-order valence-electron chi connectivity index (χ2n) is 4.55. The van der Waals surface area contributed by atoms with Gasteiger partial charge in [-0.3, -0.25) is 4.79 Å². The van der Waals surface area contributed by atoms with Crippen LogP contribution in [0.3, 0.4) is 0 Å². The van der Waals surface area contributed by atoms with Gasteiger partial charge in [-0.2, -0.15) is 0 Å². The minimum atomic E-state index is -0.376. The van der Waals surface area contributed by atoms with Gasteiger partial charge in [-0.1, -0.05) is 24.3 Å². The molecule has 3 rings (SSSR count). The van der Waals surface area contributed by atoms with Gasteiger partial charge in [0, 0.05) is 0 Å². The van der Waals surface area contributed by atoms with Crippen molar-refractivity contribution < 1.29 is 14.6 Å². The summed E-state index contributed by atoms with van der Waals surface area (Å²) in [7, 11) is 0. The summed E-state index contributed by atoms with van der Waals surface area (Å²) in [5, 5.41) is 12.5. The Labute approximate surface area is 121 Å². The second-order valence-corrected chi connectivity index (χ2v) is 4.55. The lowest BCUT2D eigenvalue weighted by atomic mass is 10.1. The van der Waals surface area contributed by atoms with E-state index in [9.17, 15) is 9.90 Å². The molecular weight excluding hydrogens is 268 g/mol. The molecule has 2 N–H and O–H groups in total. The van der Waals surface area contributed by atoms with E-state index in [0.29, 0.717) is 24.7 Å². The van der Waals surface area contributed by atoms with Crippen molar-refractivity contribution in [3.05, 3.63) is 59.7 Å². The zero-order chi connectivity index (χ0) is 14.7. The number of ether oxygens (including phenoxy) is 1. The molecule has 0 spiro atoms. The number of para-hydroxylation sites is 2. The van der Waals surface area contributed by atoms with Gasteiger partial charge in [0.05, 0.1) is 23.4 Å². The Balaban J connectivity index is 1.89. The van der Waals surface area contributed by atoms with Gasteiger partial charge >= 0.3 is 0 Å². The largest absolute Gasteiger partial charge is 0.507 e. The van der Waals surface area contributed by atoms with Crippen LogP contribution in [0.1, 0.15) is 15.9 Å². The van der Waals surface area contributed by atoms with Gasteiger partial charge in [0.1, 0.15) is 12.4 Å². The van der Waals surface area contributed by atoms with E-state index >= 15 is 0 Å². The molecule has 1 amide bonds. The van der Waals surface area contributed by atoms with Crippen LogP contribution < -0.4 is 5.32 Å². The number of phenols is 1. The van der Waals surface area contributed by atoms with E-state index in [-0.39, 0.29) is 17.2 Å². The minimum Gasteiger partial charge on any atom is -0.507 e. The fourth-order valence-electron chi connectivity index (χ4n) is 2.13. The van der Waals surface area contributed by atoms with Gasteiger partial charge in [0.2, 0.25) is 5.90 Å². The molecule has 2 aromatic carbocycles. The minimum absolute atomic E-state index is 0.0538. The first-order chi connectivity index (χ1) is 10.3. The number of rotatable bonds is 3. The van der Waals surface area contributed by atoms with Crippen molar-refractivity contribution in [2.24, 2.45) is 4.99 Å². The fourth-order valence-corrected chi connectivity index (χ4v) is 2.13. The smallest absolute Gasteiger partial charge is 0.259 e. The average Bonchev–Trinajstić information content (AvgIpc) is 3.02. The number of aliphatic imine (C=N–C) groups is 1. The number of carbonyl (C=O) groups excluding carboxylic acids is 1. The molecular formula is C16H14N2O3. The number of hydrogen-bond acceptors (Lipinski definition) is 4. The van der Waals surface area contributed by atoms with E-state index in [4.69, 9.17) is 4.74 Å². The van der Waals surface area contributed by atoms with Gasteiger partial charge in [-0.15, -0.1) is 0 Å². The Hall–Kier alpha value is -2.82. The number of carbonyl (C=O) groups is 1. The van der Waals surface area contributed by atoms with Crippen LogP contribution in [-0.4, -0.2) is 30.1 Å². The molecule has 1 aliphatic heterocycles. The van der Waals surface area contributed by atoms with Crippen LogP contribution in [-0.2, 0) is 4.74 Å². The van der Waals surface area contributed by atoms with Crippen LogP contribution in [0.4, 0.5) is 5.69 Å². The number of anilines is 1. The molecule has 21 heavy (non-hydrogen) atoms. The molecule has 0 saturated carbocycles. The van der Waals surface area contributed by atoms with Gasteiger partial charge < -0.3 is 15.2 Å². The van der Waals surface area contributed by atoms with Crippen molar-refractivity contribution in [3.8, 4) is 5.75 Å². The standard InChI is InChI=1S/C16H14N2O3/c19-14-8-4-2-6-12(14)15(20)18-13-7-3-1-5-11(13)16-17-9-10-21-16/h1-8,19H,9-10H2,(H,18,20). The summed E-state index contributed by atoms with van der Waals surface area (Å²) in [6, 6.07) is 13.7. The highest BCUT2D eigenvalue weighted by molar-refractivity contribution is 6.10. The maximum atomic E-state index is 12.3.